The lowest BCUT2D eigenvalue weighted by Crippen LogP contribution is -1.74. The fraction of sp³-hybridized carbons (Fsp3) is 0. The fourth-order valence-corrected chi connectivity index (χ4v) is 5.56. The van der Waals surface area contributed by atoms with E-state index in [0.717, 1.165) is 28.5 Å². The van der Waals surface area contributed by atoms with Crippen LogP contribution in [0.2, 0.25) is 5.02 Å². The highest BCUT2D eigenvalue weighted by Crippen LogP contribution is 2.17. The molecule has 0 saturated carbocycles. The Balaban J connectivity index is 0.000000163. The molecular formula is C42H30Br4ClI. The lowest BCUT2D eigenvalue weighted by Gasteiger charge is -1.95. The van der Waals surface area contributed by atoms with Crippen molar-refractivity contribution in [2.45, 2.75) is 0 Å². The number of hydrogen-bond acceptors (Lipinski definition) is 0. The van der Waals surface area contributed by atoms with Crippen LogP contribution in [0.15, 0.2) is 163 Å². The summed E-state index contributed by atoms with van der Waals surface area (Å²) >= 11 is 21.8. The van der Waals surface area contributed by atoms with E-state index in [0.29, 0.717) is 0 Å². The molecule has 0 spiro atoms. The monoisotopic (exact) mass is 1010 g/mol. The number of benzene rings is 6. The van der Waals surface area contributed by atoms with E-state index in [2.05, 4.69) is 196 Å². The summed E-state index contributed by atoms with van der Waals surface area (Å²) in [4.78, 5) is 0. The molecule has 0 unspecified atom stereocenters. The van der Waals surface area contributed by atoms with Crippen molar-refractivity contribution in [3.63, 3.8) is 0 Å². The highest BCUT2D eigenvalue weighted by molar-refractivity contribution is 14.1. The van der Waals surface area contributed by atoms with Gasteiger partial charge in [0.05, 0.1) is 0 Å². The SMILES string of the molecule is Brc1ccc(/C=C/c2ccc(Br)cc2)cc1.Brc1ccc(/C=C/c2ccc(I)cc2)cc1.Clc1ccc(/C=C/c2ccc(Br)cc2)cc1. The molecule has 0 amide bonds. The maximum absolute atomic E-state index is 5.82. The van der Waals surface area contributed by atoms with Gasteiger partial charge in [0.2, 0.25) is 0 Å². The molecule has 0 heterocycles. The molecule has 0 aliphatic heterocycles. The predicted molar refractivity (Wildman–Crippen MR) is 234 cm³/mol. The van der Waals surface area contributed by atoms with E-state index in [1.807, 2.05) is 72.8 Å². The molecule has 0 radical (unpaired) electrons. The Kier molecular flexibility index (Phi) is 16.6. The first-order chi connectivity index (χ1) is 23.2. The van der Waals surface area contributed by atoms with E-state index < -0.39 is 0 Å². The molecule has 0 aromatic heterocycles. The van der Waals surface area contributed by atoms with Gasteiger partial charge >= 0.3 is 0 Å². The van der Waals surface area contributed by atoms with Gasteiger partial charge in [0, 0.05) is 26.5 Å². The first-order valence-corrected chi connectivity index (χ1v) is 19.4. The highest BCUT2D eigenvalue weighted by atomic mass is 127. The zero-order chi connectivity index (χ0) is 34.1. The van der Waals surface area contributed by atoms with Gasteiger partial charge in [0.1, 0.15) is 0 Å². The second-order valence-electron chi connectivity index (χ2n) is 10.3. The van der Waals surface area contributed by atoms with Crippen molar-refractivity contribution < 1.29 is 0 Å². The molecule has 6 aromatic rings. The van der Waals surface area contributed by atoms with E-state index in [9.17, 15) is 0 Å². The predicted octanol–water partition coefficient (Wildman–Crippen LogP) is 15.9. The van der Waals surface area contributed by atoms with Gasteiger partial charge < -0.3 is 0 Å². The summed E-state index contributed by atoms with van der Waals surface area (Å²) < 4.78 is 5.68. The molecule has 0 N–H and O–H groups in total. The van der Waals surface area contributed by atoms with Crippen LogP contribution in [0.1, 0.15) is 33.4 Å². The summed E-state index contributed by atoms with van der Waals surface area (Å²) in [6.45, 7) is 0. The molecule has 6 rings (SSSR count). The molecule has 6 heteroatoms. The van der Waals surface area contributed by atoms with Crippen LogP contribution in [0.25, 0.3) is 36.5 Å². The molecule has 48 heavy (non-hydrogen) atoms. The third-order valence-corrected chi connectivity index (χ3v) is 9.71. The Morgan fingerprint density at radius 3 is 0.729 bits per heavy atom. The van der Waals surface area contributed by atoms with Gasteiger partial charge in [0.25, 0.3) is 0 Å². The quantitative estimate of drug-likeness (QED) is 0.115. The van der Waals surface area contributed by atoms with Crippen LogP contribution < -0.4 is 0 Å². The molecule has 0 atom stereocenters. The smallest absolute Gasteiger partial charge is 0.0406 e. The van der Waals surface area contributed by atoms with Crippen molar-refractivity contribution in [2.24, 2.45) is 0 Å². The van der Waals surface area contributed by atoms with Crippen molar-refractivity contribution in [3.05, 3.63) is 205 Å². The second kappa shape index (κ2) is 20.9. The van der Waals surface area contributed by atoms with Crippen LogP contribution in [-0.2, 0) is 0 Å². The molecule has 6 aromatic carbocycles. The van der Waals surface area contributed by atoms with E-state index in [-0.39, 0.29) is 0 Å². The molecule has 0 aliphatic carbocycles. The fourth-order valence-electron chi connectivity index (χ4n) is 4.02. The van der Waals surface area contributed by atoms with Crippen molar-refractivity contribution in [3.8, 4) is 0 Å². The number of rotatable bonds is 6. The Labute approximate surface area is 336 Å². The van der Waals surface area contributed by atoms with Crippen molar-refractivity contribution >= 4 is 134 Å². The molecule has 0 fully saturated rings. The Hall–Kier alpha value is -2.52. The number of hydrogen-bond donors (Lipinski definition) is 0. The van der Waals surface area contributed by atoms with Crippen molar-refractivity contribution in [2.75, 3.05) is 0 Å². The van der Waals surface area contributed by atoms with Crippen LogP contribution in [-0.4, -0.2) is 0 Å². The minimum atomic E-state index is 0.765. The molecular weight excluding hydrogens is 986 g/mol. The summed E-state index contributed by atoms with van der Waals surface area (Å²) in [5.74, 6) is 0. The zero-order valence-corrected chi connectivity index (χ0v) is 34.8. The highest BCUT2D eigenvalue weighted by Gasteiger charge is 1.92. The van der Waals surface area contributed by atoms with Crippen LogP contribution in [0.5, 0.6) is 0 Å². The maximum Gasteiger partial charge on any atom is 0.0406 e. The third kappa shape index (κ3) is 14.9. The lowest BCUT2D eigenvalue weighted by atomic mass is 10.1. The van der Waals surface area contributed by atoms with Crippen LogP contribution in [0, 0.1) is 3.57 Å². The normalized spacial score (nSPS) is 10.9. The second-order valence-corrected chi connectivity index (χ2v) is 15.7. The summed E-state index contributed by atoms with van der Waals surface area (Å²) in [7, 11) is 0. The standard InChI is InChI=1S/C14H10Br2.C14H10BrCl.C14H10BrI/c3*15-13-7-3-11(4-8-13)1-2-12-5-9-14(16)10-6-12/h3*1-10H/b3*2-1+. The summed E-state index contributed by atoms with van der Waals surface area (Å²) in [5, 5.41) is 0.765. The maximum atomic E-state index is 5.82. The van der Waals surface area contributed by atoms with Crippen molar-refractivity contribution in [1.29, 1.82) is 0 Å². The van der Waals surface area contributed by atoms with Gasteiger partial charge in [-0.2, -0.15) is 0 Å². The summed E-state index contributed by atoms with van der Waals surface area (Å²) in [6.07, 6.45) is 12.6. The molecule has 0 bridgehead atoms. The Morgan fingerprint density at radius 2 is 0.500 bits per heavy atom. The minimum Gasteiger partial charge on any atom is -0.0843 e. The summed E-state index contributed by atoms with van der Waals surface area (Å²) in [5.41, 5.74) is 7.16. The topological polar surface area (TPSA) is 0 Å². The summed E-state index contributed by atoms with van der Waals surface area (Å²) in [6, 6.07) is 49.2. The Morgan fingerprint density at radius 1 is 0.312 bits per heavy atom. The van der Waals surface area contributed by atoms with Crippen molar-refractivity contribution in [1.82, 2.24) is 0 Å². The van der Waals surface area contributed by atoms with Crippen LogP contribution in [0.3, 0.4) is 0 Å². The van der Waals surface area contributed by atoms with E-state index in [1.54, 1.807) is 0 Å². The molecule has 240 valence electrons. The van der Waals surface area contributed by atoms with E-state index in [1.165, 1.54) is 31.4 Å². The third-order valence-electron chi connectivity index (χ3n) is 6.62. The lowest BCUT2D eigenvalue weighted by molar-refractivity contribution is 1.60. The first-order valence-electron chi connectivity index (χ1n) is 14.8. The van der Waals surface area contributed by atoms with E-state index >= 15 is 0 Å². The number of halogens is 6. The first kappa shape index (κ1) is 38.3. The van der Waals surface area contributed by atoms with Gasteiger partial charge in [-0.25, -0.2) is 0 Å². The van der Waals surface area contributed by atoms with Gasteiger partial charge in [-0.05, 0) is 129 Å². The van der Waals surface area contributed by atoms with Gasteiger partial charge in [0.15, 0.2) is 0 Å². The molecule has 0 nitrogen and oxygen atoms in total. The van der Waals surface area contributed by atoms with E-state index in [4.69, 9.17) is 11.6 Å². The van der Waals surface area contributed by atoms with Crippen LogP contribution >= 0.6 is 97.9 Å². The largest absolute Gasteiger partial charge is 0.0843 e. The average Bonchev–Trinajstić information content (AvgIpc) is 3.10. The minimum absolute atomic E-state index is 0.765. The van der Waals surface area contributed by atoms with Gasteiger partial charge in [-0.3, -0.25) is 0 Å². The zero-order valence-electron chi connectivity index (χ0n) is 25.6. The van der Waals surface area contributed by atoms with Crippen LogP contribution in [0.4, 0.5) is 0 Å². The molecule has 0 saturated heterocycles. The Bertz CT molecular complexity index is 1540. The average molecular weight is 1020 g/mol. The molecule has 0 aliphatic rings. The van der Waals surface area contributed by atoms with Gasteiger partial charge in [-0.15, -0.1) is 0 Å². The van der Waals surface area contributed by atoms with Gasteiger partial charge in [-0.1, -0.05) is 185 Å².